The van der Waals surface area contributed by atoms with Gasteiger partial charge in [0.2, 0.25) is 0 Å². The number of nitrogens with zero attached hydrogens (tertiary/aromatic N) is 2. The van der Waals surface area contributed by atoms with Crippen molar-refractivity contribution in [2.24, 2.45) is 10.7 Å². The van der Waals surface area contributed by atoms with Crippen molar-refractivity contribution < 1.29 is 0 Å². The average Bonchev–Trinajstić information content (AvgIpc) is 3.40. The van der Waals surface area contributed by atoms with Gasteiger partial charge in [-0.15, -0.1) is 12.8 Å². The number of nitrogens with two attached hydrogens (primary N) is 1. The van der Waals surface area contributed by atoms with E-state index in [4.69, 9.17) is 5.73 Å². The maximum absolute atomic E-state index is 6.29. The second-order valence-corrected chi connectivity index (χ2v) is 9.16. The summed E-state index contributed by atoms with van der Waals surface area (Å²) in [5, 5.41) is 3.45. The van der Waals surface area contributed by atoms with Crippen LogP contribution >= 0.6 is 0 Å². The summed E-state index contributed by atoms with van der Waals surface area (Å²) in [6.45, 7) is 17.8. The van der Waals surface area contributed by atoms with Crippen LogP contribution in [0.25, 0.3) is 11.1 Å². The maximum Gasteiger partial charge on any atom is 0.0694 e. The second-order valence-electron chi connectivity index (χ2n) is 9.16. The van der Waals surface area contributed by atoms with Crippen LogP contribution in [0.15, 0.2) is 107 Å². The van der Waals surface area contributed by atoms with E-state index in [9.17, 15) is 0 Å². The molecule has 0 amide bonds. The van der Waals surface area contributed by atoms with Crippen molar-refractivity contribution >= 4 is 12.4 Å². The zero-order valence-electron chi connectivity index (χ0n) is 23.1. The Morgan fingerprint density at radius 1 is 1.13 bits per heavy atom. The summed E-state index contributed by atoms with van der Waals surface area (Å²) in [6, 6.07) is 6.80. The Kier molecular flexibility index (Phi) is 11.8. The lowest BCUT2D eigenvalue weighted by Gasteiger charge is -2.15. The van der Waals surface area contributed by atoms with Gasteiger partial charge in [-0.05, 0) is 105 Å². The van der Waals surface area contributed by atoms with Crippen LogP contribution < -0.4 is 11.1 Å². The number of hydrogen-bond donors (Lipinski definition) is 2. The molecule has 0 aliphatic heterocycles. The minimum Gasteiger partial charge on any atom is -0.402 e. The molecule has 1 heterocycles. The average molecular weight is 505 g/mol. The van der Waals surface area contributed by atoms with Crippen LogP contribution in [0.1, 0.15) is 49.8 Å². The Bertz CT molecular complexity index is 1320. The molecule has 0 saturated carbocycles. The molecule has 2 aromatic rings. The molecule has 0 fully saturated rings. The molecule has 0 atom stereocenters. The van der Waals surface area contributed by atoms with Gasteiger partial charge in [0.05, 0.1) is 17.6 Å². The highest BCUT2D eigenvalue weighted by atomic mass is 14.9. The van der Waals surface area contributed by atoms with Gasteiger partial charge in [0.1, 0.15) is 0 Å². The zero-order valence-corrected chi connectivity index (χ0v) is 23.1. The lowest BCUT2D eigenvalue weighted by molar-refractivity contribution is 0.912. The van der Waals surface area contributed by atoms with Crippen LogP contribution in [-0.4, -0.2) is 11.7 Å². The number of allylic oxidation sites excluding steroid dienone is 8. The first-order valence-electron chi connectivity index (χ1n) is 12.8. The molecular formula is C34H40N4. The lowest BCUT2D eigenvalue weighted by Crippen LogP contribution is -2.04. The molecule has 0 saturated heterocycles. The van der Waals surface area contributed by atoms with E-state index in [-0.39, 0.29) is 0 Å². The molecule has 0 bridgehead atoms. The van der Waals surface area contributed by atoms with Crippen molar-refractivity contribution in [2.45, 2.75) is 52.9 Å². The number of aromatic nitrogens is 1. The third-order valence-electron chi connectivity index (χ3n) is 6.63. The number of pyridine rings is 1. The summed E-state index contributed by atoms with van der Waals surface area (Å²) < 4.78 is 0. The number of terminal acetylenes is 1. The topological polar surface area (TPSA) is 63.3 Å². The van der Waals surface area contributed by atoms with Gasteiger partial charge in [-0.1, -0.05) is 49.6 Å². The number of benzene rings is 1. The Morgan fingerprint density at radius 2 is 1.87 bits per heavy atom. The highest BCUT2D eigenvalue weighted by molar-refractivity contribution is 5.74. The van der Waals surface area contributed by atoms with Gasteiger partial charge in [0.25, 0.3) is 0 Å². The van der Waals surface area contributed by atoms with Gasteiger partial charge in [-0.2, -0.15) is 0 Å². The number of anilines is 1. The van der Waals surface area contributed by atoms with Gasteiger partial charge >= 0.3 is 0 Å². The molecule has 3 rings (SSSR count). The maximum atomic E-state index is 6.29. The molecule has 0 radical (unpaired) electrons. The van der Waals surface area contributed by atoms with Crippen molar-refractivity contribution in [1.29, 1.82) is 0 Å². The number of rotatable bonds is 11. The van der Waals surface area contributed by atoms with Gasteiger partial charge in [-0.3, -0.25) is 9.98 Å². The summed E-state index contributed by atoms with van der Waals surface area (Å²) >= 11 is 0. The molecule has 0 spiro atoms. The predicted octanol–water partition coefficient (Wildman–Crippen LogP) is 8.01. The standard InChI is InChI=1S/C32H38N4.C2H2/c1-7-10-22(3)29(8-2)31(34-6)18-17-28(33)16-13-23(4)36-32-21-35-20-30(24(32)5)27-15-14-25-11-9-12-26(25)19-27;1-2/h7-8,10,14-15,17-21,36H,1,4,6,9,11-13,16,33H2,2-3,5H3;1-2H/b22-10-,28-17+,29-8+,31-18-;. The summed E-state index contributed by atoms with van der Waals surface area (Å²) in [5.74, 6) is 0. The third kappa shape index (κ3) is 7.82. The Hall–Kier alpha value is -4.36. The van der Waals surface area contributed by atoms with Gasteiger partial charge < -0.3 is 11.1 Å². The fourth-order valence-electron chi connectivity index (χ4n) is 4.57. The van der Waals surface area contributed by atoms with E-state index < -0.39 is 0 Å². The summed E-state index contributed by atoms with van der Waals surface area (Å²) in [6.07, 6.45) is 26.3. The van der Waals surface area contributed by atoms with Crippen LogP contribution in [0.5, 0.6) is 0 Å². The van der Waals surface area contributed by atoms with E-state index in [1.54, 1.807) is 6.08 Å². The Labute approximate surface area is 229 Å². The Morgan fingerprint density at radius 3 is 2.55 bits per heavy atom. The van der Waals surface area contributed by atoms with E-state index in [0.717, 1.165) is 39.5 Å². The van der Waals surface area contributed by atoms with Crippen LogP contribution in [-0.2, 0) is 12.8 Å². The third-order valence-corrected chi connectivity index (χ3v) is 6.63. The molecule has 4 nitrogen and oxygen atoms in total. The molecule has 0 unspecified atom stereocenters. The fourth-order valence-corrected chi connectivity index (χ4v) is 4.57. The number of fused-ring (bicyclic) bond motifs is 1. The molecule has 38 heavy (non-hydrogen) atoms. The zero-order chi connectivity index (χ0) is 28.1. The van der Waals surface area contributed by atoms with Gasteiger partial charge in [0.15, 0.2) is 0 Å². The number of aryl methyl sites for hydroxylation is 2. The minimum absolute atomic E-state index is 0.677. The normalized spacial score (nSPS) is 13.7. The Balaban J connectivity index is 0.00000247. The molecule has 196 valence electrons. The van der Waals surface area contributed by atoms with E-state index in [2.05, 4.69) is 73.1 Å². The van der Waals surface area contributed by atoms with Crippen molar-refractivity contribution in [1.82, 2.24) is 4.98 Å². The molecule has 1 aliphatic carbocycles. The molecule has 1 aliphatic rings. The van der Waals surface area contributed by atoms with Crippen molar-refractivity contribution in [2.75, 3.05) is 5.32 Å². The van der Waals surface area contributed by atoms with E-state index in [1.807, 2.05) is 50.5 Å². The van der Waals surface area contributed by atoms with Crippen LogP contribution in [0.2, 0.25) is 0 Å². The lowest BCUT2D eigenvalue weighted by atomic mass is 9.98. The monoisotopic (exact) mass is 504 g/mol. The van der Waals surface area contributed by atoms with Crippen molar-refractivity contribution in [3.05, 3.63) is 119 Å². The largest absolute Gasteiger partial charge is 0.402 e. The summed E-state index contributed by atoms with van der Waals surface area (Å²) in [7, 11) is 0. The first-order valence-corrected chi connectivity index (χ1v) is 12.8. The predicted molar refractivity (Wildman–Crippen MR) is 166 cm³/mol. The van der Waals surface area contributed by atoms with Gasteiger partial charge in [-0.25, -0.2) is 0 Å². The summed E-state index contributed by atoms with van der Waals surface area (Å²) in [4.78, 5) is 8.67. The highest BCUT2D eigenvalue weighted by Crippen LogP contribution is 2.32. The first kappa shape index (κ1) is 29.9. The number of nitrogens with one attached hydrogen (secondary N) is 1. The number of aliphatic imine (C=N–C) groups is 1. The highest BCUT2D eigenvalue weighted by Gasteiger charge is 2.14. The molecule has 1 aromatic heterocycles. The quantitative estimate of drug-likeness (QED) is 0.185. The second kappa shape index (κ2) is 15.0. The number of hydrogen-bond acceptors (Lipinski definition) is 4. The van der Waals surface area contributed by atoms with Crippen molar-refractivity contribution in [3.8, 4) is 24.0 Å². The van der Waals surface area contributed by atoms with Crippen LogP contribution in [0.3, 0.4) is 0 Å². The first-order chi connectivity index (χ1) is 18.4. The molecule has 3 N–H and O–H groups in total. The van der Waals surface area contributed by atoms with E-state index >= 15 is 0 Å². The van der Waals surface area contributed by atoms with E-state index in [1.165, 1.54) is 41.5 Å². The molecule has 4 heteroatoms. The fraction of sp³-hybridized carbons (Fsp3) is 0.235. The SMILES string of the molecule is C#C.C=C\C=C(C)/C(=C\C)C(=C/C=C(/N)CCC(=C)Nc1cncc(-c2ccc3c(c2)CCC3)c1C)/N=C. The van der Waals surface area contributed by atoms with Crippen molar-refractivity contribution in [3.63, 3.8) is 0 Å². The minimum atomic E-state index is 0.677. The van der Waals surface area contributed by atoms with Gasteiger partial charge in [0, 0.05) is 23.2 Å². The molecular weight excluding hydrogens is 464 g/mol. The van der Waals surface area contributed by atoms with Crippen LogP contribution in [0.4, 0.5) is 5.69 Å². The van der Waals surface area contributed by atoms with Crippen LogP contribution in [0, 0.1) is 19.8 Å². The van der Waals surface area contributed by atoms with E-state index in [0.29, 0.717) is 12.8 Å². The summed E-state index contributed by atoms with van der Waals surface area (Å²) in [5.41, 5.74) is 18.2. The smallest absolute Gasteiger partial charge is 0.0694 e. The molecule has 1 aromatic carbocycles.